The Morgan fingerprint density at radius 3 is 2.32 bits per heavy atom. The van der Waals surface area contributed by atoms with Crippen molar-refractivity contribution >= 4 is 17.6 Å². The van der Waals surface area contributed by atoms with Gasteiger partial charge in [-0.2, -0.15) is 9.97 Å². The molecule has 0 amide bonds. The van der Waals surface area contributed by atoms with Crippen LogP contribution >= 0.6 is 0 Å². The molecule has 100 valence electrons. The van der Waals surface area contributed by atoms with Gasteiger partial charge in [-0.25, -0.2) is 0 Å². The van der Waals surface area contributed by atoms with Gasteiger partial charge in [-0.15, -0.1) is 0 Å². The minimum atomic E-state index is 0.268. The first-order valence-electron chi connectivity index (χ1n) is 6.35. The number of aromatic nitrogens is 2. The highest BCUT2D eigenvalue weighted by Gasteiger charge is 2.01. The zero-order valence-corrected chi connectivity index (χ0v) is 11.3. The summed E-state index contributed by atoms with van der Waals surface area (Å²) in [7, 11) is 0. The van der Waals surface area contributed by atoms with Crippen LogP contribution in [0.1, 0.15) is 18.1 Å². The quantitative estimate of drug-likeness (QED) is 0.767. The van der Waals surface area contributed by atoms with E-state index in [1.807, 2.05) is 13.0 Å². The Balaban J connectivity index is 2.04. The highest BCUT2D eigenvalue weighted by molar-refractivity contribution is 5.51. The predicted octanol–water partition coefficient (Wildman–Crippen LogP) is 2.41. The molecule has 1 heterocycles. The highest BCUT2D eigenvalue weighted by atomic mass is 15.1. The van der Waals surface area contributed by atoms with Crippen LogP contribution in [0.15, 0.2) is 30.3 Å². The maximum Gasteiger partial charge on any atom is 0.223 e. The first-order chi connectivity index (χ1) is 9.17. The fourth-order valence-corrected chi connectivity index (χ4v) is 1.73. The number of rotatable bonds is 5. The van der Waals surface area contributed by atoms with Gasteiger partial charge in [0.15, 0.2) is 0 Å². The van der Waals surface area contributed by atoms with Crippen molar-refractivity contribution in [2.45, 2.75) is 20.4 Å². The third-order valence-corrected chi connectivity index (χ3v) is 2.70. The second kappa shape index (κ2) is 6.04. The van der Waals surface area contributed by atoms with Crippen LogP contribution in [-0.4, -0.2) is 16.5 Å². The van der Waals surface area contributed by atoms with Crippen LogP contribution in [0.25, 0.3) is 0 Å². The molecular formula is C14H19N5. The Kier molecular flexibility index (Phi) is 4.18. The molecule has 5 heteroatoms. The molecule has 0 aliphatic carbocycles. The van der Waals surface area contributed by atoms with Gasteiger partial charge in [0.25, 0.3) is 0 Å². The van der Waals surface area contributed by atoms with E-state index in [0.29, 0.717) is 6.54 Å². The Morgan fingerprint density at radius 2 is 1.68 bits per heavy atom. The lowest BCUT2D eigenvalue weighted by Gasteiger charge is -2.09. The van der Waals surface area contributed by atoms with Gasteiger partial charge in [0.2, 0.25) is 5.95 Å². The average molecular weight is 257 g/mol. The second-order valence-electron chi connectivity index (χ2n) is 4.37. The summed E-state index contributed by atoms with van der Waals surface area (Å²) in [5.41, 5.74) is 8.13. The molecule has 0 spiro atoms. The number of benzene rings is 1. The van der Waals surface area contributed by atoms with E-state index in [0.717, 1.165) is 18.2 Å². The number of nitrogens with zero attached hydrogens (tertiary/aromatic N) is 2. The van der Waals surface area contributed by atoms with Crippen molar-refractivity contribution in [3.63, 3.8) is 0 Å². The molecule has 4 N–H and O–H groups in total. The molecular weight excluding hydrogens is 238 g/mol. The third-order valence-electron chi connectivity index (χ3n) is 2.70. The van der Waals surface area contributed by atoms with Crippen molar-refractivity contribution < 1.29 is 0 Å². The minimum absolute atomic E-state index is 0.268. The first kappa shape index (κ1) is 13.1. The molecule has 2 rings (SSSR count). The topological polar surface area (TPSA) is 75.9 Å². The molecule has 0 bridgehead atoms. The number of nitrogen functional groups attached to an aromatic ring is 1. The van der Waals surface area contributed by atoms with Gasteiger partial charge < -0.3 is 16.4 Å². The van der Waals surface area contributed by atoms with E-state index in [-0.39, 0.29) is 5.95 Å². The van der Waals surface area contributed by atoms with E-state index in [1.54, 1.807) is 0 Å². The van der Waals surface area contributed by atoms with Gasteiger partial charge in [-0.1, -0.05) is 29.8 Å². The van der Waals surface area contributed by atoms with E-state index in [2.05, 4.69) is 51.8 Å². The zero-order valence-electron chi connectivity index (χ0n) is 11.3. The summed E-state index contributed by atoms with van der Waals surface area (Å²) in [4.78, 5) is 8.27. The summed E-state index contributed by atoms with van der Waals surface area (Å²) in [5.74, 6) is 1.73. The van der Waals surface area contributed by atoms with Crippen LogP contribution in [0, 0.1) is 6.92 Å². The van der Waals surface area contributed by atoms with Crippen molar-refractivity contribution in [2.24, 2.45) is 0 Å². The smallest absolute Gasteiger partial charge is 0.223 e. The fourth-order valence-electron chi connectivity index (χ4n) is 1.73. The summed E-state index contributed by atoms with van der Waals surface area (Å²) in [6.07, 6.45) is 0. The normalized spacial score (nSPS) is 10.2. The molecule has 0 aliphatic heterocycles. The maximum atomic E-state index is 5.68. The zero-order chi connectivity index (χ0) is 13.7. The molecule has 0 atom stereocenters. The van der Waals surface area contributed by atoms with Gasteiger partial charge in [0, 0.05) is 19.2 Å². The standard InChI is InChI=1S/C14H19N5/c1-3-16-12-8-13(19-14(15)18-12)17-9-11-6-4-10(2)5-7-11/h4-8H,3,9H2,1-2H3,(H4,15,16,17,18,19). The maximum absolute atomic E-state index is 5.68. The van der Waals surface area contributed by atoms with Crippen LogP contribution < -0.4 is 16.4 Å². The third kappa shape index (κ3) is 3.84. The van der Waals surface area contributed by atoms with E-state index in [9.17, 15) is 0 Å². The molecule has 0 saturated heterocycles. The van der Waals surface area contributed by atoms with Gasteiger partial charge in [-0.05, 0) is 19.4 Å². The molecule has 1 aromatic heterocycles. The van der Waals surface area contributed by atoms with Gasteiger partial charge in [0.05, 0.1) is 0 Å². The minimum Gasteiger partial charge on any atom is -0.370 e. The van der Waals surface area contributed by atoms with E-state index >= 15 is 0 Å². The number of nitrogens with one attached hydrogen (secondary N) is 2. The number of nitrogens with two attached hydrogens (primary N) is 1. The SMILES string of the molecule is CCNc1cc(NCc2ccc(C)cc2)nc(N)n1. The summed E-state index contributed by atoms with van der Waals surface area (Å²) >= 11 is 0. The van der Waals surface area contributed by atoms with Crippen molar-refractivity contribution in [1.29, 1.82) is 0 Å². The monoisotopic (exact) mass is 257 g/mol. The lowest BCUT2D eigenvalue weighted by molar-refractivity contribution is 1.07. The van der Waals surface area contributed by atoms with Crippen LogP contribution in [0.4, 0.5) is 17.6 Å². The summed E-state index contributed by atoms with van der Waals surface area (Å²) in [5, 5.41) is 6.37. The number of anilines is 3. The number of hydrogen-bond acceptors (Lipinski definition) is 5. The van der Waals surface area contributed by atoms with Crippen LogP contribution in [-0.2, 0) is 6.54 Å². The molecule has 19 heavy (non-hydrogen) atoms. The lowest BCUT2D eigenvalue weighted by Crippen LogP contribution is -2.07. The van der Waals surface area contributed by atoms with Crippen molar-refractivity contribution in [3.05, 3.63) is 41.5 Å². The molecule has 0 radical (unpaired) electrons. The molecule has 2 aromatic rings. The molecule has 0 aliphatic rings. The van der Waals surface area contributed by atoms with Crippen LogP contribution in [0.5, 0.6) is 0 Å². The summed E-state index contributed by atoms with van der Waals surface area (Å²) < 4.78 is 0. The Bertz CT molecular complexity index is 536. The summed E-state index contributed by atoms with van der Waals surface area (Å²) in [6.45, 7) is 5.60. The van der Waals surface area contributed by atoms with Crippen molar-refractivity contribution in [3.8, 4) is 0 Å². The van der Waals surface area contributed by atoms with Gasteiger partial charge in [0.1, 0.15) is 11.6 Å². The summed E-state index contributed by atoms with van der Waals surface area (Å²) in [6, 6.07) is 10.2. The Hall–Kier alpha value is -2.30. The second-order valence-corrected chi connectivity index (χ2v) is 4.37. The van der Waals surface area contributed by atoms with Gasteiger partial charge >= 0.3 is 0 Å². The number of aryl methyl sites for hydroxylation is 1. The Morgan fingerprint density at radius 1 is 1.05 bits per heavy atom. The average Bonchev–Trinajstić information content (AvgIpc) is 2.38. The Labute approximate surface area is 113 Å². The van der Waals surface area contributed by atoms with Crippen LogP contribution in [0.2, 0.25) is 0 Å². The molecule has 0 fully saturated rings. The van der Waals surface area contributed by atoms with Crippen molar-refractivity contribution in [1.82, 2.24) is 9.97 Å². The van der Waals surface area contributed by atoms with E-state index < -0.39 is 0 Å². The van der Waals surface area contributed by atoms with E-state index in [1.165, 1.54) is 11.1 Å². The largest absolute Gasteiger partial charge is 0.370 e. The lowest BCUT2D eigenvalue weighted by atomic mass is 10.1. The molecule has 5 nitrogen and oxygen atoms in total. The first-order valence-corrected chi connectivity index (χ1v) is 6.35. The fraction of sp³-hybridized carbons (Fsp3) is 0.286. The van der Waals surface area contributed by atoms with Gasteiger partial charge in [-0.3, -0.25) is 0 Å². The van der Waals surface area contributed by atoms with Crippen molar-refractivity contribution in [2.75, 3.05) is 22.9 Å². The molecule has 1 aromatic carbocycles. The van der Waals surface area contributed by atoms with E-state index in [4.69, 9.17) is 5.73 Å². The number of hydrogen-bond donors (Lipinski definition) is 3. The highest BCUT2D eigenvalue weighted by Crippen LogP contribution is 2.13. The molecule has 0 saturated carbocycles. The van der Waals surface area contributed by atoms with Crippen LogP contribution in [0.3, 0.4) is 0 Å². The molecule has 0 unspecified atom stereocenters. The predicted molar refractivity (Wildman–Crippen MR) is 79.1 cm³/mol.